The van der Waals surface area contributed by atoms with Crippen molar-refractivity contribution in [2.45, 2.75) is 0 Å². The minimum Gasteiger partial charge on any atom is -0.506 e. The van der Waals surface area contributed by atoms with Crippen molar-refractivity contribution in [1.29, 1.82) is 0 Å². The first-order valence-electron chi connectivity index (χ1n) is 5.12. The Labute approximate surface area is 108 Å². The fourth-order valence-corrected chi connectivity index (χ4v) is 1.37. The van der Waals surface area contributed by atoms with E-state index in [1.165, 1.54) is 18.3 Å². The van der Waals surface area contributed by atoms with E-state index >= 15 is 0 Å². The first kappa shape index (κ1) is 12.2. The number of aromatic hydroxyl groups is 1. The second-order valence-electron chi connectivity index (χ2n) is 3.49. The highest BCUT2D eigenvalue weighted by Gasteiger charge is 2.06. The fraction of sp³-hybridized carbons (Fsp3) is 0. The molecule has 2 aromatic rings. The molecule has 1 aromatic heterocycles. The van der Waals surface area contributed by atoms with Gasteiger partial charge in [-0.1, -0.05) is 11.6 Å². The number of carbonyl (C=O) groups is 1. The summed E-state index contributed by atoms with van der Waals surface area (Å²) in [6, 6.07) is 9.68. The normalized spacial score (nSPS) is 9.83. The van der Waals surface area contributed by atoms with Crippen LogP contribution in [-0.2, 0) is 0 Å². The van der Waals surface area contributed by atoms with Gasteiger partial charge in [0.05, 0.1) is 11.9 Å². The van der Waals surface area contributed by atoms with Gasteiger partial charge in [-0.05, 0) is 36.4 Å². The molecule has 1 amide bonds. The highest BCUT2D eigenvalue weighted by Crippen LogP contribution is 2.12. The third kappa shape index (κ3) is 3.11. The summed E-state index contributed by atoms with van der Waals surface area (Å²) in [5.74, 6) is -0.387. The molecule has 0 saturated carbocycles. The SMILES string of the molecule is O=C(NNc1ccc(Cl)cc1)c1ccc(O)cn1. The zero-order valence-corrected chi connectivity index (χ0v) is 9.98. The summed E-state index contributed by atoms with van der Waals surface area (Å²) in [6.07, 6.45) is 1.21. The van der Waals surface area contributed by atoms with Crippen LogP contribution >= 0.6 is 11.6 Å². The number of rotatable bonds is 3. The number of hydrogen-bond donors (Lipinski definition) is 3. The number of halogens is 1. The van der Waals surface area contributed by atoms with Gasteiger partial charge < -0.3 is 5.11 Å². The molecule has 0 fully saturated rings. The average Bonchev–Trinajstić information content (AvgIpc) is 2.38. The molecule has 5 nitrogen and oxygen atoms in total. The molecule has 0 unspecified atom stereocenters. The summed E-state index contributed by atoms with van der Waals surface area (Å²) < 4.78 is 0. The van der Waals surface area contributed by atoms with Crippen LogP contribution in [0.1, 0.15) is 10.5 Å². The summed E-state index contributed by atoms with van der Waals surface area (Å²) >= 11 is 5.74. The van der Waals surface area contributed by atoms with Crippen LogP contribution in [0, 0.1) is 0 Å². The zero-order valence-electron chi connectivity index (χ0n) is 9.22. The molecule has 1 aromatic carbocycles. The Bertz CT molecular complexity index is 540. The van der Waals surface area contributed by atoms with Gasteiger partial charge in [-0.3, -0.25) is 15.6 Å². The first-order valence-corrected chi connectivity index (χ1v) is 5.50. The zero-order chi connectivity index (χ0) is 13.0. The minimum atomic E-state index is -0.398. The van der Waals surface area contributed by atoms with Gasteiger partial charge in [-0.2, -0.15) is 0 Å². The van der Waals surface area contributed by atoms with E-state index in [1.807, 2.05) is 0 Å². The average molecular weight is 264 g/mol. The molecule has 0 aliphatic heterocycles. The van der Waals surface area contributed by atoms with Crippen molar-refractivity contribution in [2.24, 2.45) is 0 Å². The Morgan fingerprint density at radius 1 is 1.17 bits per heavy atom. The second kappa shape index (κ2) is 5.37. The Kier molecular flexibility index (Phi) is 3.64. The number of hydrazine groups is 1. The molecule has 0 aliphatic rings. The van der Waals surface area contributed by atoms with Crippen molar-refractivity contribution in [3.8, 4) is 5.75 Å². The predicted octanol–water partition coefficient (Wildman–Crippen LogP) is 2.20. The maximum absolute atomic E-state index is 11.7. The summed E-state index contributed by atoms with van der Waals surface area (Å²) in [4.78, 5) is 15.4. The third-order valence-electron chi connectivity index (χ3n) is 2.15. The van der Waals surface area contributed by atoms with E-state index in [0.717, 1.165) is 0 Å². The highest BCUT2D eigenvalue weighted by molar-refractivity contribution is 6.30. The van der Waals surface area contributed by atoms with Crippen LogP contribution in [-0.4, -0.2) is 16.0 Å². The number of nitrogens with zero attached hydrogens (tertiary/aromatic N) is 1. The lowest BCUT2D eigenvalue weighted by Crippen LogP contribution is -2.29. The summed E-state index contributed by atoms with van der Waals surface area (Å²) in [5.41, 5.74) is 6.11. The van der Waals surface area contributed by atoms with E-state index < -0.39 is 5.91 Å². The van der Waals surface area contributed by atoms with Crippen LogP contribution < -0.4 is 10.9 Å². The largest absolute Gasteiger partial charge is 0.506 e. The first-order chi connectivity index (χ1) is 8.65. The topological polar surface area (TPSA) is 74.2 Å². The van der Waals surface area contributed by atoms with E-state index in [0.29, 0.717) is 10.7 Å². The van der Waals surface area contributed by atoms with Crippen LogP contribution in [0.15, 0.2) is 42.6 Å². The Balaban J connectivity index is 1.96. The van der Waals surface area contributed by atoms with Gasteiger partial charge in [0.1, 0.15) is 11.4 Å². The molecule has 6 heteroatoms. The molecule has 0 atom stereocenters. The van der Waals surface area contributed by atoms with Gasteiger partial charge in [0.2, 0.25) is 0 Å². The van der Waals surface area contributed by atoms with Crippen molar-refractivity contribution in [1.82, 2.24) is 10.4 Å². The lowest BCUT2D eigenvalue weighted by molar-refractivity contribution is 0.0957. The van der Waals surface area contributed by atoms with E-state index in [-0.39, 0.29) is 11.4 Å². The standard InChI is InChI=1S/C12H10ClN3O2/c13-8-1-3-9(4-2-8)15-16-12(18)11-6-5-10(17)7-14-11/h1-7,15,17H,(H,16,18). The summed E-state index contributed by atoms with van der Waals surface area (Å²) in [6.45, 7) is 0. The number of nitrogens with one attached hydrogen (secondary N) is 2. The molecule has 0 bridgehead atoms. The fourth-order valence-electron chi connectivity index (χ4n) is 1.25. The van der Waals surface area contributed by atoms with Gasteiger partial charge in [0, 0.05) is 5.02 Å². The molecule has 0 spiro atoms. The monoisotopic (exact) mass is 263 g/mol. The number of pyridine rings is 1. The predicted molar refractivity (Wildman–Crippen MR) is 68.4 cm³/mol. The van der Waals surface area contributed by atoms with Gasteiger partial charge in [-0.15, -0.1) is 0 Å². The number of carbonyl (C=O) groups excluding carboxylic acids is 1. The maximum atomic E-state index is 11.7. The van der Waals surface area contributed by atoms with Gasteiger partial charge >= 0.3 is 0 Å². The van der Waals surface area contributed by atoms with Crippen LogP contribution in [0.2, 0.25) is 5.02 Å². The molecule has 0 saturated heterocycles. The molecule has 0 radical (unpaired) electrons. The van der Waals surface area contributed by atoms with Crippen molar-refractivity contribution < 1.29 is 9.90 Å². The number of aromatic nitrogens is 1. The minimum absolute atomic E-state index is 0.0113. The van der Waals surface area contributed by atoms with Crippen molar-refractivity contribution in [3.05, 3.63) is 53.3 Å². The Morgan fingerprint density at radius 2 is 1.89 bits per heavy atom. The Morgan fingerprint density at radius 3 is 2.50 bits per heavy atom. The van der Waals surface area contributed by atoms with Crippen LogP contribution in [0.5, 0.6) is 5.75 Å². The lowest BCUT2D eigenvalue weighted by atomic mass is 10.3. The molecular weight excluding hydrogens is 254 g/mol. The number of anilines is 1. The van der Waals surface area contributed by atoms with Crippen molar-refractivity contribution in [2.75, 3.05) is 5.43 Å². The van der Waals surface area contributed by atoms with Crippen LogP contribution in [0.4, 0.5) is 5.69 Å². The van der Waals surface area contributed by atoms with E-state index in [9.17, 15) is 4.79 Å². The van der Waals surface area contributed by atoms with Crippen LogP contribution in [0.25, 0.3) is 0 Å². The molecule has 2 rings (SSSR count). The van der Waals surface area contributed by atoms with E-state index in [2.05, 4.69) is 15.8 Å². The quantitative estimate of drug-likeness (QED) is 0.742. The molecule has 0 aliphatic carbocycles. The second-order valence-corrected chi connectivity index (χ2v) is 3.92. The molecule has 3 N–H and O–H groups in total. The number of hydrogen-bond acceptors (Lipinski definition) is 4. The maximum Gasteiger partial charge on any atom is 0.288 e. The van der Waals surface area contributed by atoms with Gasteiger partial charge in [0.25, 0.3) is 5.91 Å². The summed E-state index contributed by atoms with van der Waals surface area (Å²) in [5, 5.41) is 9.67. The molecular formula is C12H10ClN3O2. The number of benzene rings is 1. The Hall–Kier alpha value is -2.27. The number of amides is 1. The third-order valence-corrected chi connectivity index (χ3v) is 2.40. The smallest absolute Gasteiger partial charge is 0.288 e. The van der Waals surface area contributed by atoms with Gasteiger partial charge in [-0.25, -0.2) is 4.98 Å². The van der Waals surface area contributed by atoms with Crippen LogP contribution in [0.3, 0.4) is 0 Å². The molecule has 18 heavy (non-hydrogen) atoms. The van der Waals surface area contributed by atoms with E-state index in [4.69, 9.17) is 16.7 Å². The van der Waals surface area contributed by atoms with Gasteiger partial charge in [0.15, 0.2) is 0 Å². The summed E-state index contributed by atoms with van der Waals surface area (Å²) in [7, 11) is 0. The lowest BCUT2D eigenvalue weighted by Gasteiger charge is -2.07. The highest BCUT2D eigenvalue weighted by atomic mass is 35.5. The van der Waals surface area contributed by atoms with Crippen molar-refractivity contribution in [3.63, 3.8) is 0 Å². The molecule has 92 valence electrons. The van der Waals surface area contributed by atoms with Crippen molar-refractivity contribution >= 4 is 23.2 Å². The molecule has 1 heterocycles. The van der Waals surface area contributed by atoms with E-state index in [1.54, 1.807) is 24.3 Å².